The predicted molar refractivity (Wildman–Crippen MR) is 164 cm³/mol. The second-order valence-corrected chi connectivity index (χ2v) is 13.3. The van der Waals surface area contributed by atoms with Gasteiger partial charge in [0.1, 0.15) is 11.6 Å². The summed E-state index contributed by atoms with van der Waals surface area (Å²) in [5, 5.41) is 13.1. The summed E-state index contributed by atoms with van der Waals surface area (Å²) in [5.41, 5.74) is -0.801. The Labute approximate surface area is 253 Å². The minimum Gasteiger partial charge on any atom is -0.490 e. The van der Waals surface area contributed by atoms with Gasteiger partial charge in [0.2, 0.25) is 5.67 Å². The van der Waals surface area contributed by atoms with E-state index in [0.717, 1.165) is 50.5 Å². The lowest BCUT2D eigenvalue weighted by molar-refractivity contribution is -0.142. The Morgan fingerprint density at radius 3 is 2.49 bits per heavy atom. The van der Waals surface area contributed by atoms with Gasteiger partial charge in [-0.2, -0.15) is 0 Å². The molecule has 2 aromatic carbocycles. The molecule has 3 aliphatic rings. The molecule has 2 saturated carbocycles. The first-order valence-electron chi connectivity index (χ1n) is 15.8. The number of nitrogens with zero attached hydrogens (tertiary/aromatic N) is 1. The Morgan fingerprint density at radius 1 is 1.12 bits per heavy atom. The van der Waals surface area contributed by atoms with Crippen LogP contribution in [0.2, 0.25) is 0 Å². The molecule has 3 fully saturated rings. The molecule has 1 heterocycles. The van der Waals surface area contributed by atoms with Crippen LogP contribution in [-0.4, -0.2) is 47.1 Å². The van der Waals surface area contributed by atoms with Crippen LogP contribution in [0.5, 0.6) is 5.75 Å². The second-order valence-electron chi connectivity index (χ2n) is 13.3. The Kier molecular flexibility index (Phi) is 8.81. The maximum absolute atomic E-state index is 15.5. The molecule has 0 radical (unpaired) electrons. The third-order valence-corrected chi connectivity index (χ3v) is 10.3. The highest BCUT2D eigenvalue weighted by Gasteiger charge is 2.51. The van der Waals surface area contributed by atoms with Crippen molar-refractivity contribution in [2.75, 3.05) is 6.54 Å². The van der Waals surface area contributed by atoms with Gasteiger partial charge in [0.15, 0.2) is 0 Å². The molecular formula is C35H44F2N2O4. The van der Waals surface area contributed by atoms with Crippen LogP contribution in [-0.2, 0) is 15.0 Å². The van der Waals surface area contributed by atoms with Gasteiger partial charge in [-0.15, -0.1) is 0 Å². The van der Waals surface area contributed by atoms with Crippen LogP contribution in [0, 0.1) is 11.7 Å². The summed E-state index contributed by atoms with van der Waals surface area (Å²) in [4.78, 5) is 29.0. The molecule has 8 heteroatoms. The van der Waals surface area contributed by atoms with E-state index in [2.05, 4.69) is 10.3 Å². The summed E-state index contributed by atoms with van der Waals surface area (Å²) in [6.45, 7) is 7.31. The summed E-state index contributed by atoms with van der Waals surface area (Å²) in [6, 6.07) is 10.5. The van der Waals surface area contributed by atoms with Crippen LogP contribution in [0.15, 0.2) is 41.4 Å². The van der Waals surface area contributed by atoms with Gasteiger partial charge >= 0.3 is 5.97 Å². The molecule has 0 unspecified atom stereocenters. The number of hydrogen-bond donors (Lipinski definition) is 2. The van der Waals surface area contributed by atoms with Crippen molar-refractivity contribution in [3.05, 3.63) is 53.3 Å². The number of rotatable bonds is 10. The highest BCUT2D eigenvalue weighted by atomic mass is 19.1. The topological polar surface area (TPSA) is 88.0 Å². The van der Waals surface area contributed by atoms with Gasteiger partial charge in [-0.1, -0.05) is 38.5 Å². The van der Waals surface area contributed by atoms with Gasteiger partial charge < -0.3 is 15.2 Å². The summed E-state index contributed by atoms with van der Waals surface area (Å²) in [7, 11) is 0. The van der Waals surface area contributed by atoms with E-state index >= 15 is 8.78 Å². The van der Waals surface area contributed by atoms with E-state index in [0.29, 0.717) is 28.9 Å². The number of ether oxygens (including phenoxy) is 1. The van der Waals surface area contributed by atoms with Crippen molar-refractivity contribution in [1.82, 2.24) is 5.32 Å². The number of carboxylic acids is 1. The Bertz CT molecular complexity index is 1400. The Balaban J connectivity index is 1.36. The maximum atomic E-state index is 15.5. The van der Waals surface area contributed by atoms with Crippen LogP contribution in [0.3, 0.4) is 0 Å². The number of halogens is 2. The predicted octanol–water partition coefficient (Wildman–Crippen LogP) is 7.53. The van der Waals surface area contributed by atoms with E-state index in [9.17, 15) is 14.7 Å². The van der Waals surface area contributed by atoms with E-state index in [1.54, 1.807) is 38.3 Å². The van der Waals surface area contributed by atoms with Crippen molar-refractivity contribution < 1.29 is 28.2 Å². The molecule has 2 N–H and O–H groups in total. The monoisotopic (exact) mass is 594 g/mol. The maximum Gasteiger partial charge on any atom is 0.313 e. The molecule has 3 atom stereocenters. The van der Waals surface area contributed by atoms with Crippen molar-refractivity contribution in [1.29, 1.82) is 0 Å². The third kappa shape index (κ3) is 6.13. The first-order chi connectivity index (χ1) is 20.4. The highest BCUT2D eigenvalue weighted by molar-refractivity contribution is 5.92. The SMILES string of the molecule is CCC1(CC)C[C@@](F)(C(=O)N=C[C@@H]2CC[C@@H](Oc3ccc(C(C)(C)C(=O)O)cc3-c3cccc(F)c3C3CCC3)C2)CN1. The number of aliphatic imine (C=N–C) groups is 1. The van der Waals surface area contributed by atoms with Crippen molar-refractivity contribution in [3.63, 3.8) is 0 Å². The van der Waals surface area contributed by atoms with E-state index in [1.807, 2.05) is 26.0 Å². The number of carboxylic acid groups (broad SMARTS) is 1. The molecule has 5 rings (SSSR count). The van der Waals surface area contributed by atoms with Crippen molar-refractivity contribution in [2.24, 2.45) is 10.9 Å². The zero-order valence-electron chi connectivity index (χ0n) is 25.7. The van der Waals surface area contributed by atoms with Gasteiger partial charge in [0, 0.05) is 30.3 Å². The largest absolute Gasteiger partial charge is 0.490 e. The first kappa shape index (κ1) is 31.3. The molecule has 0 aromatic heterocycles. The number of aliphatic carboxylic acids is 1. The Hall–Kier alpha value is -3.13. The summed E-state index contributed by atoms with van der Waals surface area (Å²) in [5.74, 6) is -1.25. The van der Waals surface area contributed by atoms with Gasteiger partial charge in [0.25, 0.3) is 5.91 Å². The average Bonchev–Trinajstić information content (AvgIpc) is 3.56. The molecular weight excluding hydrogens is 550 g/mol. The standard InChI is InChI=1S/C35H44F2N2O4/c1-5-34(6-2)20-35(37,21-39-34)31(40)38-19-22-13-15-25(17-22)43-29-16-14-24(33(3,4)32(41)42)18-27(29)26-11-8-12-28(36)30(26)23-9-7-10-23/h8,11-12,14,16,18-19,22-23,25,39H,5-7,9-10,13,15,17,20-21H2,1-4H3,(H,41,42)/t22-,25-,35+/m1/s1. The molecule has 2 aromatic rings. The van der Waals surface area contributed by atoms with E-state index < -0.39 is 23.0 Å². The fourth-order valence-corrected chi connectivity index (χ4v) is 6.81. The highest BCUT2D eigenvalue weighted by Crippen LogP contribution is 2.46. The molecule has 232 valence electrons. The van der Waals surface area contributed by atoms with Gasteiger partial charge in [-0.25, -0.2) is 13.8 Å². The molecule has 43 heavy (non-hydrogen) atoms. The summed E-state index contributed by atoms with van der Waals surface area (Å²) < 4.78 is 37.3. The number of hydrogen-bond acceptors (Lipinski definition) is 4. The van der Waals surface area contributed by atoms with E-state index in [-0.39, 0.29) is 42.3 Å². The first-order valence-corrected chi connectivity index (χ1v) is 15.8. The van der Waals surface area contributed by atoms with Crippen LogP contribution in [0.4, 0.5) is 8.78 Å². The van der Waals surface area contributed by atoms with E-state index in [1.165, 1.54) is 6.07 Å². The van der Waals surface area contributed by atoms with Crippen molar-refractivity contribution in [2.45, 2.75) is 114 Å². The fraction of sp³-hybridized carbons (Fsp3) is 0.571. The van der Waals surface area contributed by atoms with Gasteiger partial charge in [0.05, 0.1) is 11.5 Å². The zero-order valence-corrected chi connectivity index (χ0v) is 25.7. The molecule has 1 saturated heterocycles. The summed E-state index contributed by atoms with van der Waals surface area (Å²) in [6.07, 6.45) is 8.03. The third-order valence-electron chi connectivity index (χ3n) is 10.3. The van der Waals surface area contributed by atoms with Crippen molar-refractivity contribution in [3.8, 4) is 16.9 Å². The molecule has 0 bridgehead atoms. The molecule has 2 aliphatic carbocycles. The second kappa shape index (κ2) is 12.1. The smallest absolute Gasteiger partial charge is 0.313 e. The minimum atomic E-state index is -1.99. The lowest BCUT2D eigenvalue weighted by Crippen LogP contribution is -2.37. The quantitative estimate of drug-likeness (QED) is 0.278. The van der Waals surface area contributed by atoms with Crippen LogP contribution in [0.1, 0.15) is 103 Å². The molecule has 1 amide bonds. The minimum absolute atomic E-state index is 0.0123. The normalized spacial score (nSPS) is 25.6. The number of alkyl halides is 1. The van der Waals surface area contributed by atoms with E-state index in [4.69, 9.17) is 4.74 Å². The number of benzene rings is 2. The number of carbonyl (C=O) groups is 2. The lowest BCUT2D eigenvalue weighted by atomic mass is 9.76. The van der Waals surface area contributed by atoms with Crippen LogP contribution >= 0.6 is 0 Å². The number of nitrogens with one attached hydrogen (secondary N) is 1. The molecule has 1 aliphatic heterocycles. The number of carbonyl (C=O) groups excluding carboxylic acids is 1. The van der Waals surface area contributed by atoms with Gasteiger partial charge in [-0.05, 0) is 106 Å². The van der Waals surface area contributed by atoms with Crippen LogP contribution < -0.4 is 10.1 Å². The Morgan fingerprint density at radius 2 is 1.86 bits per heavy atom. The average molecular weight is 595 g/mol. The fourth-order valence-electron chi connectivity index (χ4n) is 6.81. The molecule has 6 nitrogen and oxygen atoms in total. The van der Waals surface area contributed by atoms with Gasteiger partial charge in [-0.3, -0.25) is 9.59 Å². The summed E-state index contributed by atoms with van der Waals surface area (Å²) >= 11 is 0. The number of amides is 1. The molecule has 0 spiro atoms. The lowest BCUT2D eigenvalue weighted by Gasteiger charge is -2.30. The zero-order chi connectivity index (χ0) is 31.0. The van der Waals surface area contributed by atoms with Crippen molar-refractivity contribution >= 4 is 18.1 Å². The van der Waals surface area contributed by atoms with Crippen LogP contribution in [0.25, 0.3) is 11.1 Å².